The molecule has 2 aliphatic rings. The Hall–Kier alpha value is -2.83. The van der Waals surface area contributed by atoms with Gasteiger partial charge in [0.25, 0.3) is 5.56 Å². The maximum Gasteiger partial charge on any atom is 0.294 e. The Morgan fingerprint density at radius 3 is 2.90 bits per heavy atom. The summed E-state index contributed by atoms with van der Waals surface area (Å²) in [5.74, 6) is 0.409. The van der Waals surface area contributed by atoms with Crippen LogP contribution in [0.1, 0.15) is 17.7 Å². The van der Waals surface area contributed by atoms with Crippen molar-refractivity contribution in [3.05, 3.63) is 46.0 Å². The van der Waals surface area contributed by atoms with Crippen molar-refractivity contribution in [3.8, 4) is 0 Å². The molecule has 2 aromatic rings. The molecule has 0 fully saturated rings. The van der Waals surface area contributed by atoms with Gasteiger partial charge >= 0.3 is 0 Å². The molecule has 0 radical (unpaired) electrons. The van der Waals surface area contributed by atoms with Gasteiger partial charge in [-0.3, -0.25) is 9.48 Å². The van der Waals surface area contributed by atoms with E-state index >= 15 is 0 Å². The average molecular weight is 282 g/mol. The normalized spacial score (nSPS) is 18.3. The second-order valence-corrected chi connectivity index (χ2v) is 5.15. The Bertz CT molecular complexity index is 876. The van der Waals surface area contributed by atoms with E-state index in [0.717, 1.165) is 24.2 Å². The second-order valence-electron chi connectivity index (χ2n) is 5.15. The van der Waals surface area contributed by atoms with E-state index in [1.54, 1.807) is 27.7 Å². The van der Waals surface area contributed by atoms with Crippen LogP contribution in [0.15, 0.2) is 34.2 Å². The number of aliphatic imine (C=N–C) groups is 1. The largest absolute Gasteiger partial charge is 0.382 e. The summed E-state index contributed by atoms with van der Waals surface area (Å²) < 4.78 is 3.42. The molecule has 0 amide bonds. The number of rotatable bonds is 1. The van der Waals surface area contributed by atoms with Crippen molar-refractivity contribution in [2.45, 2.75) is 19.5 Å². The zero-order chi connectivity index (χ0) is 14.6. The molecule has 7 nitrogen and oxygen atoms in total. The number of nitrogens with two attached hydrogens (primary N) is 1. The maximum atomic E-state index is 12.3. The SMILES string of the molecule is N=C1C=C/C(=N\c2c(N)n3n(c2=O)CCC3)c2[nH]ccc21. The number of aromatic nitrogens is 3. The molecule has 0 spiro atoms. The molecule has 0 atom stereocenters. The molecule has 1 aliphatic heterocycles. The Balaban J connectivity index is 1.89. The summed E-state index contributed by atoms with van der Waals surface area (Å²) in [5, 5.41) is 7.86. The van der Waals surface area contributed by atoms with Gasteiger partial charge in [0.1, 0.15) is 0 Å². The maximum absolute atomic E-state index is 12.3. The molecule has 2 aromatic heterocycles. The van der Waals surface area contributed by atoms with Crippen molar-refractivity contribution in [2.75, 3.05) is 5.73 Å². The van der Waals surface area contributed by atoms with Crippen molar-refractivity contribution in [1.82, 2.24) is 14.3 Å². The predicted octanol–water partition coefficient (Wildman–Crippen LogP) is 1.02. The first-order valence-corrected chi connectivity index (χ1v) is 6.79. The lowest BCUT2D eigenvalue weighted by Gasteiger charge is -2.08. The van der Waals surface area contributed by atoms with Gasteiger partial charge in [-0.1, -0.05) is 0 Å². The van der Waals surface area contributed by atoms with Crippen LogP contribution in [-0.4, -0.2) is 25.8 Å². The van der Waals surface area contributed by atoms with Crippen molar-refractivity contribution < 1.29 is 0 Å². The van der Waals surface area contributed by atoms with Gasteiger partial charge < -0.3 is 16.1 Å². The zero-order valence-electron chi connectivity index (χ0n) is 11.3. The van der Waals surface area contributed by atoms with Gasteiger partial charge in [0, 0.05) is 24.8 Å². The van der Waals surface area contributed by atoms with Gasteiger partial charge in [0.15, 0.2) is 11.5 Å². The van der Waals surface area contributed by atoms with Crippen LogP contribution in [0, 0.1) is 5.41 Å². The van der Waals surface area contributed by atoms with Gasteiger partial charge in [0.05, 0.1) is 17.1 Å². The summed E-state index contributed by atoms with van der Waals surface area (Å²) in [6, 6.07) is 1.83. The molecule has 0 unspecified atom stereocenters. The molecular weight excluding hydrogens is 268 g/mol. The van der Waals surface area contributed by atoms with Crippen LogP contribution in [0.5, 0.6) is 0 Å². The number of fused-ring (bicyclic) bond motifs is 2. The number of anilines is 1. The van der Waals surface area contributed by atoms with E-state index < -0.39 is 0 Å². The monoisotopic (exact) mass is 282 g/mol. The lowest BCUT2D eigenvalue weighted by atomic mass is 10.0. The molecule has 3 heterocycles. The van der Waals surface area contributed by atoms with Crippen LogP contribution in [0.25, 0.3) is 0 Å². The minimum atomic E-state index is -0.153. The predicted molar refractivity (Wildman–Crippen MR) is 80.7 cm³/mol. The molecule has 1 aliphatic carbocycles. The molecule has 4 rings (SSSR count). The summed E-state index contributed by atoms with van der Waals surface area (Å²) >= 11 is 0. The second kappa shape index (κ2) is 4.08. The van der Waals surface area contributed by atoms with Crippen molar-refractivity contribution in [2.24, 2.45) is 4.99 Å². The third-order valence-corrected chi connectivity index (χ3v) is 3.92. The number of allylic oxidation sites excluding steroid dienone is 2. The van der Waals surface area contributed by atoms with Gasteiger partial charge in [-0.05, 0) is 24.6 Å². The molecule has 106 valence electrons. The van der Waals surface area contributed by atoms with Crippen LogP contribution >= 0.6 is 0 Å². The summed E-state index contributed by atoms with van der Waals surface area (Å²) in [4.78, 5) is 19.9. The summed E-state index contributed by atoms with van der Waals surface area (Å²) in [6.45, 7) is 1.43. The molecular formula is C14H14N6O. The van der Waals surface area contributed by atoms with Gasteiger partial charge in [-0.25, -0.2) is 9.67 Å². The van der Waals surface area contributed by atoms with E-state index in [1.807, 2.05) is 6.07 Å². The zero-order valence-corrected chi connectivity index (χ0v) is 11.3. The number of nitrogens with one attached hydrogen (secondary N) is 2. The third-order valence-electron chi connectivity index (χ3n) is 3.92. The third kappa shape index (κ3) is 1.57. The number of aromatic amines is 1. The highest BCUT2D eigenvalue weighted by atomic mass is 16.1. The van der Waals surface area contributed by atoms with E-state index in [1.165, 1.54) is 0 Å². The molecule has 0 saturated heterocycles. The fraction of sp³-hybridized carbons (Fsp3) is 0.214. The first-order valence-electron chi connectivity index (χ1n) is 6.79. The molecule has 0 bridgehead atoms. The highest BCUT2D eigenvalue weighted by Crippen LogP contribution is 2.24. The fourth-order valence-electron chi connectivity index (χ4n) is 2.89. The summed E-state index contributed by atoms with van der Waals surface area (Å²) in [7, 11) is 0. The highest BCUT2D eigenvalue weighted by molar-refractivity contribution is 6.24. The van der Waals surface area contributed by atoms with Gasteiger partial charge in [-0.2, -0.15) is 0 Å². The average Bonchev–Trinajstić information content (AvgIpc) is 3.17. The summed E-state index contributed by atoms with van der Waals surface area (Å²) in [6.07, 6.45) is 6.09. The molecule has 0 aromatic carbocycles. The van der Waals surface area contributed by atoms with E-state index in [9.17, 15) is 4.79 Å². The first-order chi connectivity index (χ1) is 10.2. The fourth-order valence-corrected chi connectivity index (χ4v) is 2.89. The first kappa shape index (κ1) is 12.0. The quantitative estimate of drug-likeness (QED) is 0.726. The van der Waals surface area contributed by atoms with E-state index in [0.29, 0.717) is 23.8 Å². The smallest absolute Gasteiger partial charge is 0.294 e. The van der Waals surface area contributed by atoms with Crippen LogP contribution in [0.2, 0.25) is 0 Å². The Labute approximate surface area is 119 Å². The Morgan fingerprint density at radius 2 is 2.10 bits per heavy atom. The molecule has 21 heavy (non-hydrogen) atoms. The Morgan fingerprint density at radius 1 is 1.29 bits per heavy atom. The number of hydrogen-bond acceptors (Lipinski definition) is 4. The topological polar surface area (TPSA) is 105 Å². The van der Waals surface area contributed by atoms with Gasteiger partial charge in [-0.15, -0.1) is 0 Å². The molecule has 4 N–H and O–H groups in total. The van der Waals surface area contributed by atoms with Crippen molar-refractivity contribution in [3.63, 3.8) is 0 Å². The lowest BCUT2D eigenvalue weighted by Crippen LogP contribution is -2.17. The Kier molecular flexibility index (Phi) is 2.32. The van der Waals surface area contributed by atoms with E-state index in [2.05, 4.69) is 9.98 Å². The van der Waals surface area contributed by atoms with Crippen LogP contribution in [0.4, 0.5) is 11.5 Å². The van der Waals surface area contributed by atoms with Crippen LogP contribution < -0.4 is 11.3 Å². The number of nitrogen functional groups attached to an aromatic ring is 1. The number of H-pyrrole nitrogens is 1. The minimum absolute atomic E-state index is 0.153. The van der Waals surface area contributed by atoms with Crippen LogP contribution in [0.3, 0.4) is 0 Å². The molecule has 0 saturated carbocycles. The van der Waals surface area contributed by atoms with Gasteiger partial charge in [0.2, 0.25) is 0 Å². The van der Waals surface area contributed by atoms with Crippen molar-refractivity contribution in [1.29, 1.82) is 5.41 Å². The van der Waals surface area contributed by atoms with E-state index in [4.69, 9.17) is 11.1 Å². The molecule has 7 heteroatoms. The number of nitrogens with zero attached hydrogens (tertiary/aromatic N) is 3. The highest BCUT2D eigenvalue weighted by Gasteiger charge is 2.23. The van der Waals surface area contributed by atoms with E-state index in [-0.39, 0.29) is 11.2 Å². The van der Waals surface area contributed by atoms with Crippen molar-refractivity contribution >= 4 is 22.9 Å². The standard InChI is InChI=1S/C14H14N6O/c15-9-2-3-10(11-8(9)4-5-17-11)18-12-13(16)19-6-1-7-20(19)14(12)21/h2-5,15,17H,1,6-7,16H2/b15-9?,18-10+. The minimum Gasteiger partial charge on any atom is -0.382 e. The summed E-state index contributed by atoms with van der Waals surface area (Å²) in [5.41, 5.74) is 8.76. The van der Waals surface area contributed by atoms with Crippen LogP contribution in [-0.2, 0) is 13.1 Å². The lowest BCUT2D eigenvalue weighted by molar-refractivity contribution is 0.601. The number of hydrogen-bond donors (Lipinski definition) is 3.